The van der Waals surface area contributed by atoms with E-state index in [1.54, 1.807) is 0 Å². The number of alkyl halides is 3. The van der Waals surface area contributed by atoms with Crippen molar-refractivity contribution in [2.45, 2.75) is 6.18 Å². The Hall–Kier alpha value is -0.840. The van der Waals surface area contributed by atoms with E-state index in [0.29, 0.717) is 6.20 Å². The lowest BCUT2D eigenvalue weighted by Crippen LogP contribution is -2.07. The van der Waals surface area contributed by atoms with Crippen LogP contribution in [0.25, 0.3) is 0 Å². The summed E-state index contributed by atoms with van der Waals surface area (Å²) in [6.07, 6.45) is -4.62. The van der Waals surface area contributed by atoms with Gasteiger partial charge < -0.3 is 0 Å². The molecule has 0 aliphatic carbocycles. The van der Waals surface area contributed by atoms with E-state index in [1.807, 2.05) is 0 Å². The maximum absolute atomic E-state index is 12.0. The normalized spacial score (nSPS) is 12.9. The molecule has 0 aliphatic rings. The molecule has 60 valence electrons. The van der Waals surface area contributed by atoms with Crippen molar-refractivity contribution in [3.05, 3.63) is 23.2 Å². The highest BCUT2D eigenvalue weighted by atomic mass is 35.5. The molecule has 0 unspecified atom stereocenters. The Bertz CT molecular complexity index is 301. The van der Waals surface area contributed by atoms with Gasteiger partial charge in [0.15, 0.2) is 0 Å². The molecule has 2 nitrogen and oxygen atoms in total. The van der Waals surface area contributed by atoms with Gasteiger partial charge in [0.1, 0.15) is 18.4 Å². The van der Waals surface area contributed by atoms with E-state index in [-0.39, 0.29) is 0 Å². The molecule has 0 fully saturated rings. The number of hydrogen-bond donors (Lipinski definition) is 0. The molecule has 1 aromatic heterocycles. The number of rotatable bonds is 0. The minimum Gasteiger partial charge on any atom is -0.244 e. The van der Waals surface area contributed by atoms with Gasteiger partial charge in [-0.3, -0.25) is 0 Å². The molecule has 0 aliphatic heterocycles. The summed E-state index contributed by atoms with van der Waals surface area (Å²) in [5.74, 6) is 0. The van der Waals surface area contributed by atoms with Gasteiger partial charge in [-0.2, -0.15) is 13.2 Å². The average molecular weight is 184 g/mol. The first-order chi connectivity index (χ1) is 5.41. The van der Waals surface area contributed by atoms with Gasteiger partial charge in [0.2, 0.25) is 0 Å². The molecule has 0 bridgehead atoms. The maximum Gasteiger partial charge on any atom is 0.420 e. The lowest BCUT2D eigenvalue weighted by atomic mass is 10.3. The Morgan fingerprint density at radius 3 is 2.64 bits per heavy atom. The minimum atomic E-state index is -4.56. The molecule has 1 heterocycles. The Labute approximate surface area is 66.4 Å². The van der Waals surface area contributed by atoms with Crippen LogP contribution in [-0.2, 0) is 6.18 Å². The van der Waals surface area contributed by atoms with Crippen LogP contribution in [0.5, 0.6) is 0 Å². The number of aromatic nitrogens is 2. The first kappa shape index (κ1) is 6.84. The molecule has 6 heteroatoms. The van der Waals surface area contributed by atoms with Crippen LogP contribution in [0.15, 0.2) is 12.5 Å². The molecule has 0 atom stereocenters. The van der Waals surface area contributed by atoms with Crippen LogP contribution in [0.4, 0.5) is 13.2 Å². The number of nitrogens with zero attached hydrogens (tertiary/aromatic N) is 2. The molecule has 11 heavy (non-hydrogen) atoms. The van der Waals surface area contributed by atoms with Crippen LogP contribution in [-0.4, -0.2) is 9.97 Å². The second-order valence-electron chi connectivity index (χ2n) is 1.67. The highest BCUT2D eigenvalue weighted by Crippen LogP contribution is 2.32. The summed E-state index contributed by atoms with van der Waals surface area (Å²) in [5, 5.41) is -0.748. The number of hydrogen-bond acceptors (Lipinski definition) is 2. The number of halogens is 4. The van der Waals surface area contributed by atoms with E-state index < -0.39 is 23.2 Å². The van der Waals surface area contributed by atoms with E-state index >= 15 is 0 Å². The van der Waals surface area contributed by atoms with Crippen molar-refractivity contribution >= 4 is 11.6 Å². The summed E-state index contributed by atoms with van der Waals surface area (Å²) in [6, 6.07) is 0. The van der Waals surface area contributed by atoms with Gasteiger partial charge in [0.25, 0.3) is 0 Å². The Morgan fingerprint density at radius 1 is 1.55 bits per heavy atom. The van der Waals surface area contributed by atoms with Crippen LogP contribution >= 0.6 is 11.6 Å². The fraction of sp³-hybridized carbons (Fsp3) is 0.200. The molecular formula is C5H2ClF3N2. The SMILES string of the molecule is [2H]c1ncc(C(F)(F)F)c(Cl)n1. The van der Waals surface area contributed by atoms with Gasteiger partial charge in [0, 0.05) is 6.20 Å². The molecule has 0 aromatic carbocycles. The quantitative estimate of drug-likeness (QED) is 0.576. The van der Waals surface area contributed by atoms with Gasteiger partial charge in [-0.05, 0) is 0 Å². The van der Waals surface area contributed by atoms with Crippen molar-refractivity contribution in [2.24, 2.45) is 0 Å². The molecule has 0 radical (unpaired) electrons. The zero-order chi connectivity index (χ0) is 9.35. The molecule has 0 N–H and O–H groups in total. The molecule has 0 amide bonds. The summed E-state index contributed by atoms with van der Waals surface area (Å²) in [4.78, 5) is 6.10. The molecule has 0 saturated carbocycles. The molecular weight excluding hydrogens is 181 g/mol. The van der Waals surface area contributed by atoms with Gasteiger partial charge in [-0.15, -0.1) is 0 Å². The van der Waals surface area contributed by atoms with Crippen LogP contribution in [0, 0.1) is 0 Å². The smallest absolute Gasteiger partial charge is 0.244 e. The second kappa shape index (κ2) is 2.65. The summed E-state index contributed by atoms with van der Waals surface area (Å²) in [7, 11) is 0. The lowest BCUT2D eigenvalue weighted by molar-refractivity contribution is -0.138. The Kier molecular flexibility index (Phi) is 1.65. The fourth-order valence-electron chi connectivity index (χ4n) is 0.470. The van der Waals surface area contributed by atoms with E-state index in [0.717, 1.165) is 0 Å². The van der Waals surface area contributed by atoms with Crippen molar-refractivity contribution in [3.63, 3.8) is 0 Å². The fourth-order valence-corrected chi connectivity index (χ4v) is 0.664. The van der Waals surface area contributed by atoms with Gasteiger partial charge in [-0.1, -0.05) is 11.6 Å². The van der Waals surface area contributed by atoms with Crippen molar-refractivity contribution in [2.75, 3.05) is 0 Å². The van der Waals surface area contributed by atoms with Crippen molar-refractivity contribution in [3.8, 4) is 0 Å². The predicted octanol–water partition coefficient (Wildman–Crippen LogP) is 2.15. The average Bonchev–Trinajstić information content (AvgIpc) is 1.83. The van der Waals surface area contributed by atoms with E-state index in [9.17, 15) is 13.2 Å². The van der Waals surface area contributed by atoms with E-state index in [4.69, 9.17) is 13.0 Å². The zero-order valence-electron chi connectivity index (χ0n) is 5.98. The predicted molar refractivity (Wildman–Crippen MR) is 32.0 cm³/mol. The monoisotopic (exact) mass is 183 g/mol. The van der Waals surface area contributed by atoms with Gasteiger partial charge >= 0.3 is 6.18 Å². The molecule has 1 rings (SSSR count). The third-order valence-corrected chi connectivity index (χ3v) is 1.22. The summed E-state index contributed by atoms with van der Waals surface area (Å²) in [6.45, 7) is 0. The largest absolute Gasteiger partial charge is 0.420 e. The first-order valence-corrected chi connectivity index (χ1v) is 2.85. The summed E-state index contributed by atoms with van der Waals surface area (Å²) < 4.78 is 42.6. The van der Waals surface area contributed by atoms with Crippen molar-refractivity contribution in [1.82, 2.24) is 9.97 Å². The van der Waals surface area contributed by atoms with Crippen LogP contribution in [0.3, 0.4) is 0 Å². The summed E-state index contributed by atoms with van der Waals surface area (Å²) >= 11 is 5.12. The summed E-state index contributed by atoms with van der Waals surface area (Å²) in [5.41, 5.74) is -1.12. The highest BCUT2D eigenvalue weighted by Gasteiger charge is 2.33. The van der Waals surface area contributed by atoms with Crippen LogP contribution in [0.1, 0.15) is 6.93 Å². The Balaban J connectivity index is 3.19. The van der Waals surface area contributed by atoms with Crippen molar-refractivity contribution < 1.29 is 14.5 Å². The lowest BCUT2D eigenvalue weighted by Gasteiger charge is -2.05. The first-order valence-electron chi connectivity index (χ1n) is 2.97. The van der Waals surface area contributed by atoms with Gasteiger partial charge in [-0.25, -0.2) is 9.97 Å². The van der Waals surface area contributed by atoms with Gasteiger partial charge in [0.05, 0.1) is 0 Å². The highest BCUT2D eigenvalue weighted by molar-refractivity contribution is 6.30. The van der Waals surface area contributed by atoms with Crippen LogP contribution < -0.4 is 0 Å². The van der Waals surface area contributed by atoms with Crippen molar-refractivity contribution in [1.29, 1.82) is 0 Å². The van der Waals surface area contributed by atoms with Crippen LogP contribution in [0.2, 0.25) is 5.15 Å². The molecule has 1 aromatic rings. The zero-order valence-corrected chi connectivity index (χ0v) is 5.74. The van der Waals surface area contributed by atoms with E-state index in [1.165, 1.54) is 0 Å². The second-order valence-corrected chi connectivity index (χ2v) is 2.03. The van der Waals surface area contributed by atoms with E-state index in [2.05, 4.69) is 9.97 Å². The third-order valence-electron chi connectivity index (χ3n) is 0.927. The Morgan fingerprint density at radius 2 is 2.18 bits per heavy atom. The standard InChI is InChI=1S/C5H2ClF3N2/c6-4-3(5(7,8)9)1-10-2-11-4/h1-2H/i2D. The molecule has 0 spiro atoms. The molecule has 0 saturated heterocycles. The topological polar surface area (TPSA) is 25.8 Å². The maximum atomic E-state index is 12.0. The third kappa shape index (κ3) is 1.80. The minimum absolute atomic E-state index is 0.484.